The molecule has 11 heteroatoms. The number of halogens is 3. The fraction of sp³-hybridized carbons (Fsp3) is 0.533. The van der Waals surface area contributed by atoms with Crippen LogP contribution in [0.25, 0.3) is 0 Å². The van der Waals surface area contributed by atoms with Gasteiger partial charge in [-0.25, -0.2) is 4.79 Å². The lowest BCUT2D eigenvalue weighted by molar-refractivity contribution is -0.0500. The molecule has 1 heterocycles. The first-order valence-corrected chi connectivity index (χ1v) is 8.94. The van der Waals surface area contributed by atoms with Gasteiger partial charge in [0, 0.05) is 12.0 Å². The highest BCUT2D eigenvalue weighted by Gasteiger charge is 2.49. The summed E-state index contributed by atoms with van der Waals surface area (Å²) in [5.41, 5.74) is -6.18. The lowest BCUT2D eigenvalue weighted by Gasteiger charge is -2.28. The van der Waals surface area contributed by atoms with Gasteiger partial charge in [-0.05, 0) is 32.9 Å². The molecule has 2 rings (SSSR count). The van der Waals surface area contributed by atoms with E-state index in [1.807, 2.05) is 0 Å². The fourth-order valence-electron chi connectivity index (χ4n) is 2.19. The Hall–Kier alpha value is -2.17. The van der Waals surface area contributed by atoms with Crippen molar-refractivity contribution in [3.05, 3.63) is 23.8 Å². The number of benzene rings is 1. The minimum absolute atomic E-state index is 0.0120. The van der Waals surface area contributed by atoms with Crippen LogP contribution >= 0.6 is 0 Å². The predicted molar refractivity (Wildman–Crippen MR) is 84.4 cm³/mol. The minimum Gasteiger partial charge on any atom is -0.491 e. The number of amides is 1. The second-order valence-electron chi connectivity index (χ2n) is 6.57. The molecule has 0 bridgehead atoms. The number of rotatable bonds is 3. The normalized spacial score (nSPS) is 17.7. The van der Waals surface area contributed by atoms with Gasteiger partial charge >= 0.3 is 21.7 Å². The maximum atomic E-state index is 12.5. The van der Waals surface area contributed by atoms with Gasteiger partial charge in [0.05, 0.1) is 6.04 Å². The highest BCUT2D eigenvalue weighted by Crippen LogP contribution is 2.36. The highest BCUT2D eigenvalue weighted by atomic mass is 32.2. The molecular weight excluding hydrogens is 379 g/mol. The second kappa shape index (κ2) is 6.86. The molecule has 0 saturated carbocycles. The highest BCUT2D eigenvalue weighted by molar-refractivity contribution is 7.88. The van der Waals surface area contributed by atoms with Gasteiger partial charge in [0.15, 0.2) is 0 Å². The number of hydrogen-bond acceptors (Lipinski definition) is 6. The van der Waals surface area contributed by atoms with Crippen LogP contribution in [-0.4, -0.2) is 38.3 Å². The Balaban J connectivity index is 2.18. The number of hydrogen-bond donors (Lipinski definition) is 1. The Morgan fingerprint density at radius 1 is 1.27 bits per heavy atom. The van der Waals surface area contributed by atoms with Gasteiger partial charge < -0.3 is 19.0 Å². The van der Waals surface area contributed by atoms with Crippen molar-refractivity contribution in [2.45, 2.75) is 44.3 Å². The van der Waals surface area contributed by atoms with Crippen molar-refractivity contribution >= 4 is 16.2 Å². The van der Waals surface area contributed by atoms with E-state index in [0.717, 1.165) is 6.07 Å². The number of nitrogens with one attached hydrogen (secondary N) is 1. The summed E-state index contributed by atoms with van der Waals surface area (Å²) in [5.74, 6) is -0.322. The van der Waals surface area contributed by atoms with Gasteiger partial charge in [0.2, 0.25) is 0 Å². The van der Waals surface area contributed by atoms with E-state index in [1.165, 1.54) is 12.1 Å². The SMILES string of the molecule is CC(C)(C)OC(=O)NC1COc2cccc(OS(=O)(=O)C(F)(F)F)c2C1. The van der Waals surface area contributed by atoms with E-state index in [1.54, 1.807) is 20.8 Å². The molecule has 1 aliphatic rings. The summed E-state index contributed by atoms with van der Waals surface area (Å²) in [6.07, 6.45) is -0.714. The summed E-state index contributed by atoms with van der Waals surface area (Å²) >= 11 is 0. The van der Waals surface area contributed by atoms with Crippen LogP contribution in [0.4, 0.5) is 18.0 Å². The maximum absolute atomic E-state index is 12.5. The molecular formula is C15H18F3NO6S. The third-order valence-electron chi connectivity index (χ3n) is 3.18. The number of fused-ring (bicyclic) bond motifs is 1. The molecule has 1 aliphatic heterocycles. The molecule has 0 radical (unpaired) electrons. The first-order valence-electron chi connectivity index (χ1n) is 7.53. The molecule has 146 valence electrons. The van der Waals surface area contributed by atoms with E-state index < -0.39 is 39.1 Å². The lowest BCUT2D eigenvalue weighted by Crippen LogP contribution is -2.45. The summed E-state index contributed by atoms with van der Waals surface area (Å²) in [6, 6.07) is 3.23. The van der Waals surface area contributed by atoms with Crippen LogP contribution in [0.15, 0.2) is 18.2 Å². The van der Waals surface area contributed by atoms with Crippen LogP contribution in [0.3, 0.4) is 0 Å². The third-order valence-corrected chi connectivity index (χ3v) is 4.15. The van der Waals surface area contributed by atoms with Crippen molar-refractivity contribution in [1.29, 1.82) is 0 Å². The molecule has 1 N–H and O–H groups in total. The zero-order chi connectivity index (χ0) is 19.8. The van der Waals surface area contributed by atoms with Gasteiger partial charge in [-0.1, -0.05) is 6.07 Å². The number of alkyl carbamates (subject to hydrolysis) is 1. The topological polar surface area (TPSA) is 90.9 Å². The van der Waals surface area contributed by atoms with Crippen molar-refractivity contribution in [1.82, 2.24) is 5.32 Å². The van der Waals surface area contributed by atoms with E-state index in [0.29, 0.717) is 0 Å². The van der Waals surface area contributed by atoms with Gasteiger partial charge in [-0.2, -0.15) is 21.6 Å². The second-order valence-corrected chi connectivity index (χ2v) is 8.11. The summed E-state index contributed by atoms with van der Waals surface area (Å²) in [7, 11) is -5.82. The van der Waals surface area contributed by atoms with Gasteiger partial charge in [0.25, 0.3) is 0 Å². The van der Waals surface area contributed by atoms with Crippen LogP contribution in [0.1, 0.15) is 26.3 Å². The van der Waals surface area contributed by atoms with Crippen molar-refractivity contribution < 1.29 is 40.0 Å². The molecule has 0 spiro atoms. The average molecular weight is 397 g/mol. The minimum atomic E-state index is -5.82. The quantitative estimate of drug-likeness (QED) is 0.623. The standard InChI is InChI=1S/C15H18F3NO6S/c1-14(2,3)24-13(20)19-9-7-10-11(23-8-9)5-4-6-12(10)25-26(21,22)15(16,17)18/h4-6,9H,7-8H2,1-3H3,(H,19,20). The molecule has 0 aliphatic carbocycles. The molecule has 1 aromatic carbocycles. The fourth-order valence-corrected chi connectivity index (χ4v) is 2.68. The summed E-state index contributed by atoms with van der Waals surface area (Å²) in [4.78, 5) is 11.8. The molecule has 1 amide bonds. The Kier molecular flexibility index (Phi) is 5.31. The average Bonchev–Trinajstić information content (AvgIpc) is 2.44. The first kappa shape index (κ1) is 20.1. The van der Waals surface area contributed by atoms with Crippen LogP contribution < -0.4 is 14.2 Å². The van der Waals surface area contributed by atoms with Crippen LogP contribution in [0, 0.1) is 0 Å². The zero-order valence-corrected chi connectivity index (χ0v) is 15.0. The lowest BCUT2D eigenvalue weighted by atomic mass is 10.0. The van der Waals surface area contributed by atoms with Gasteiger partial charge in [0.1, 0.15) is 23.7 Å². The van der Waals surface area contributed by atoms with Crippen LogP contribution in [0.5, 0.6) is 11.5 Å². The number of alkyl halides is 3. The zero-order valence-electron chi connectivity index (χ0n) is 14.2. The molecule has 1 atom stereocenters. The summed E-state index contributed by atoms with van der Waals surface area (Å²) < 4.78 is 74.8. The molecule has 0 fully saturated rings. The van der Waals surface area contributed by atoms with Gasteiger partial charge in [-0.3, -0.25) is 0 Å². The monoisotopic (exact) mass is 397 g/mol. The van der Waals surface area contributed by atoms with Crippen LogP contribution in [-0.2, 0) is 21.3 Å². The predicted octanol–water partition coefficient (Wildman–Crippen LogP) is 2.74. The summed E-state index contributed by atoms with van der Waals surface area (Å²) in [5, 5.41) is 2.52. The molecule has 1 aromatic rings. The largest absolute Gasteiger partial charge is 0.534 e. The van der Waals surface area contributed by atoms with E-state index >= 15 is 0 Å². The van der Waals surface area contributed by atoms with Crippen molar-refractivity contribution in [3.63, 3.8) is 0 Å². The Labute approximate surface area is 148 Å². The molecule has 0 aromatic heterocycles. The number of carbonyl (C=O) groups is 1. The maximum Gasteiger partial charge on any atom is 0.534 e. The Bertz CT molecular complexity index is 786. The van der Waals surface area contributed by atoms with Crippen LogP contribution in [0.2, 0.25) is 0 Å². The van der Waals surface area contributed by atoms with E-state index in [-0.39, 0.29) is 24.3 Å². The number of ether oxygens (including phenoxy) is 2. The van der Waals surface area contributed by atoms with Crippen molar-refractivity contribution in [2.75, 3.05) is 6.61 Å². The molecule has 1 unspecified atom stereocenters. The first-order chi connectivity index (χ1) is 11.8. The van der Waals surface area contributed by atoms with Crippen molar-refractivity contribution in [3.8, 4) is 11.5 Å². The number of carbonyl (C=O) groups excluding carboxylic acids is 1. The van der Waals surface area contributed by atoms with Crippen molar-refractivity contribution in [2.24, 2.45) is 0 Å². The molecule has 7 nitrogen and oxygen atoms in total. The summed E-state index contributed by atoms with van der Waals surface area (Å²) in [6.45, 7) is 5.06. The Morgan fingerprint density at radius 3 is 2.50 bits per heavy atom. The third kappa shape index (κ3) is 4.93. The Morgan fingerprint density at radius 2 is 1.92 bits per heavy atom. The molecule has 26 heavy (non-hydrogen) atoms. The van der Waals surface area contributed by atoms with Gasteiger partial charge in [-0.15, -0.1) is 0 Å². The van der Waals surface area contributed by atoms with E-state index in [9.17, 15) is 26.4 Å². The van der Waals surface area contributed by atoms with E-state index in [2.05, 4.69) is 9.50 Å². The smallest absolute Gasteiger partial charge is 0.491 e. The molecule has 0 saturated heterocycles. The van der Waals surface area contributed by atoms with E-state index in [4.69, 9.17) is 9.47 Å².